The van der Waals surface area contributed by atoms with E-state index in [0.717, 1.165) is 0 Å². The van der Waals surface area contributed by atoms with Crippen molar-refractivity contribution in [1.29, 1.82) is 0 Å². The summed E-state index contributed by atoms with van der Waals surface area (Å²) < 4.78 is 1.53. The Labute approximate surface area is 104 Å². The van der Waals surface area contributed by atoms with Gasteiger partial charge in [0.15, 0.2) is 0 Å². The molecule has 2 N–H and O–H groups in total. The summed E-state index contributed by atoms with van der Waals surface area (Å²) in [6, 6.07) is 0. The zero-order valence-electron chi connectivity index (χ0n) is 10.3. The maximum absolute atomic E-state index is 10.7. The number of hydrogen-bond donors (Lipinski definition) is 2. The molecule has 0 bridgehead atoms. The van der Waals surface area contributed by atoms with Crippen LogP contribution in [0.15, 0.2) is 6.33 Å². The highest BCUT2D eigenvalue weighted by atomic mass is 16.6. The van der Waals surface area contributed by atoms with E-state index in [9.17, 15) is 14.9 Å². The first-order valence-electron chi connectivity index (χ1n) is 5.53. The minimum Gasteiger partial charge on any atom is -0.481 e. The van der Waals surface area contributed by atoms with E-state index in [0.29, 0.717) is 18.8 Å². The Morgan fingerprint density at radius 1 is 1.72 bits per heavy atom. The lowest BCUT2D eigenvalue weighted by molar-refractivity contribution is -0.388. The van der Waals surface area contributed by atoms with E-state index < -0.39 is 10.9 Å². The van der Waals surface area contributed by atoms with Crippen molar-refractivity contribution in [2.45, 2.75) is 19.8 Å². The van der Waals surface area contributed by atoms with Crippen LogP contribution in [0.3, 0.4) is 0 Å². The van der Waals surface area contributed by atoms with Crippen molar-refractivity contribution < 1.29 is 14.8 Å². The molecule has 0 spiro atoms. The van der Waals surface area contributed by atoms with Gasteiger partial charge in [-0.1, -0.05) is 6.92 Å². The first-order valence-corrected chi connectivity index (χ1v) is 5.53. The highest BCUT2D eigenvalue weighted by Gasteiger charge is 2.20. The van der Waals surface area contributed by atoms with Gasteiger partial charge in [0, 0.05) is 20.0 Å². The van der Waals surface area contributed by atoms with Gasteiger partial charge in [-0.05, 0) is 22.2 Å². The molecule has 1 heterocycles. The number of hydrogen-bond acceptors (Lipinski definition) is 5. The maximum atomic E-state index is 10.7. The van der Waals surface area contributed by atoms with Crippen LogP contribution in [0.1, 0.15) is 19.8 Å². The molecule has 0 aliphatic heterocycles. The van der Waals surface area contributed by atoms with Crippen molar-refractivity contribution in [3.05, 3.63) is 16.4 Å². The van der Waals surface area contributed by atoms with Gasteiger partial charge in [-0.2, -0.15) is 0 Å². The summed E-state index contributed by atoms with van der Waals surface area (Å²) in [7, 11) is 1.66. The minimum atomic E-state index is -0.839. The number of nitrogens with one attached hydrogen (secondary N) is 1. The number of nitro groups is 1. The van der Waals surface area contributed by atoms with Gasteiger partial charge in [-0.25, -0.2) is 0 Å². The number of rotatable bonds is 7. The Morgan fingerprint density at radius 3 is 2.94 bits per heavy atom. The predicted molar refractivity (Wildman–Crippen MR) is 64.4 cm³/mol. The van der Waals surface area contributed by atoms with Crippen molar-refractivity contribution in [2.24, 2.45) is 13.0 Å². The summed E-state index contributed by atoms with van der Waals surface area (Å²) >= 11 is 0. The van der Waals surface area contributed by atoms with Gasteiger partial charge in [0.05, 0.1) is 0 Å². The van der Waals surface area contributed by atoms with Crippen LogP contribution in [0.4, 0.5) is 11.6 Å². The Kier molecular flexibility index (Phi) is 4.64. The zero-order chi connectivity index (χ0) is 13.7. The van der Waals surface area contributed by atoms with Crippen LogP contribution in [0.2, 0.25) is 0 Å². The lowest BCUT2D eigenvalue weighted by Gasteiger charge is -2.12. The summed E-state index contributed by atoms with van der Waals surface area (Å²) in [5, 5.41) is 22.2. The largest absolute Gasteiger partial charge is 0.481 e. The maximum Gasteiger partial charge on any atom is 0.406 e. The zero-order valence-corrected chi connectivity index (χ0v) is 10.3. The fraction of sp³-hybridized carbons (Fsp3) is 0.600. The molecule has 1 aromatic heterocycles. The van der Waals surface area contributed by atoms with Crippen LogP contribution in [0, 0.1) is 16.0 Å². The van der Waals surface area contributed by atoms with Gasteiger partial charge in [0.2, 0.25) is 12.1 Å². The molecule has 8 heteroatoms. The normalized spacial score (nSPS) is 12.1. The Balaban J connectivity index is 2.55. The predicted octanol–water partition coefficient (Wildman–Crippen LogP) is 1.24. The third kappa shape index (κ3) is 3.72. The van der Waals surface area contributed by atoms with Crippen LogP contribution < -0.4 is 5.32 Å². The molecule has 0 amide bonds. The monoisotopic (exact) mass is 256 g/mol. The second kappa shape index (κ2) is 5.99. The van der Waals surface area contributed by atoms with Gasteiger partial charge in [0.1, 0.15) is 0 Å². The van der Waals surface area contributed by atoms with Crippen molar-refractivity contribution >= 4 is 17.6 Å². The number of carbonyl (C=O) groups is 1. The van der Waals surface area contributed by atoms with Gasteiger partial charge >= 0.3 is 11.8 Å². The molecule has 0 saturated carbocycles. The van der Waals surface area contributed by atoms with Crippen molar-refractivity contribution in [3.63, 3.8) is 0 Å². The number of anilines is 1. The van der Waals surface area contributed by atoms with Gasteiger partial charge in [-0.3, -0.25) is 9.36 Å². The third-order valence-electron chi connectivity index (χ3n) is 2.56. The molecule has 18 heavy (non-hydrogen) atoms. The van der Waals surface area contributed by atoms with Crippen LogP contribution in [-0.2, 0) is 11.8 Å². The number of imidazole rings is 1. The molecule has 0 aliphatic rings. The molecule has 0 radical (unpaired) electrons. The Bertz CT molecular complexity index is 443. The third-order valence-corrected chi connectivity index (χ3v) is 2.56. The molecular weight excluding hydrogens is 240 g/mol. The smallest absolute Gasteiger partial charge is 0.406 e. The number of aryl methyl sites for hydroxylation is 1. The number of aromatic nitrogens is 2. The van der Waals surface area contributed by atoms with E-state index in [1.165, 1.54) is 10.9 Å². The first kappa shape index (κ1) is 13.9. The molecule has 100 valence electrons. The highest BCUT2D eigenvalue weighted by molar-refractivity contribution is 5.66. The van der Waals surface area contributed by atoms with E-state index in [4.69, 9.17) is 5.11 Å². The molecule has 1 aromatic rings. The minimum absolute atomic E-state index is 0.0936. The number of carboxylic acid groups (broad SMARTS) is 1. The summed E-state index contributed by atoms with van der Waals surface area (Å²) in [4.78, 5) is 24.2. The number of nitrogens with zero attached hydrogens (tertiary/aromatic N) is 3. The Morgan fingerprint density at radius 2 is 2.39 bits per heavy atom. The molecule has 1 atom stereocenters. The van der Waals surface area contributed by atoms with E-state index in [2.05, 4.69) is 10.3 Å². The van der Waals surface area contributed by atoms with Gasteiger partial charge in [0.25, 0.3) is 0 Å². The van der Waals surface area contributed by atoms with Crippen LogP contribution >= 0.6 is 0 Å². The van der Waals surface area contributed by atoms with E-state index in [-0.39, 0.29) is 18.2 Å². The van der Waals surface area contributed by atoms with Crippen molar-refractivity contribution in [3.8, 4) is 0 Å². The van der Waals surface area contributed by atoms with E-state index >= 15 is 0 Å². The summed E-state index contributed by atoms with van der Waals surface area (Å²) in [6.07, 6.45) is 1.98. The average Bonchev–Trinajstić information content (AvgIpc) is 2.65. The molecule has 8 nitrogen and oxygen atoms in total. The SMILES string of the molecule is CC(CCC(=O)O)CNc1c([N+](=O)[O-])ncn1C. The fourth-order valence-corrected chi connectivity index (χ4v) is 1.50. The molecule has 0 aromatic carbocycles. The highest BCUT2D eigenvalue weighted by Crippen LogP contribution is 2.21. The standard InChI is InChI=1S/C10H16N4O4/c1-7(3-4-8(15)16)5-11-9-10(14(17)18)12-6-13(9)2/h6-7,11H,3-5H2,1-2H3,(H,15,16). The molecular formula is C10H16N4O4. The first-order chi connectivity index (χ1) is 8.41. The molecule has 0 saturated heterocycles. The van der Waals surface area contributed by atoms with E-state index in [1.807, 2.05) is 6.92 Å². The molecule has 1 unspecified atom stereocenters. The molecule has 0 fully saturated rings. The van der Waals surface area contributed by atoms with Crippen LogP contribution in [0.5, 0.6) is 0 Å². The quantitative estimate of drug-likeness (QED) is 0.561. The fourth-order valence-electron chi connectivity index (χ4n) is 1.50. The molecule has 1 rings (SSSR count). The average molecular weight is 256 g/mol. The second-order valence-electron chi connectivity index (χ2n) is 4.20. The van der Waals surface area contributed by atoms with Crippen molar-refractivity contribution in [2.75, 3.05) is 11.9 Å². The summed E-state index contributed by atoms with van der Waals surface area (Å²) in [6.45, 7) is 2.35. The number of carboxylic acids is 1. The van der Waals surface area contributed by atoms with Crippen LogP contribution in [0.25, 0.3) is 0 Å². The van der Waals surface area contributed by atoms with Crippen LogP contribution in [-0.4, -0.2) is 32.1 Å². The van der Waals surface area contributed by atoms with E-state index in [1.54, 1.807) is 7.05 Å². The lowest BCUT2D eigenvalue weighted by atomic mass is 10.1. The van der Waals surface area contributed by atoms with Gasteiger partial charge < -0.3 is 20.5 Å². The second-order valence-corrected chi connectivity index (χ2v) is 4.20. The molecule has 0 aliphatic carbocycles. The summed E-state index contributed by atoms with van der Waals surface area (Å²) in [5.41, 5.74) is 0. The topological polar surface area (TPSA) is 110 Å². The summed E-state index contributed by atoms with van der Waals surface area (Å²) in [5.74, 6) is -0.617. The number of aliphatic carboxylic acids is 1. The van der Waals surface area contributed by atoms with Crippen molar-refractivity contribution in [1.82, 2.24) is 9.55 Å². The lowest BCUT2D eigenvalue weighted by Crippen LogP contribution is -2.15. The Hall–Kier alpha value is -2.12. The van der Waals surface area contributed by atoms with Gasteiger partial charge in [-0.15, -0.1) is 0 Å².